The minimum absolute atomic E-state index is 0.0921. The number of aryl methyl sites for hydroxylation is 1. The van der Waals surface area contributed by atoms with Gasteiger partial charge in [0, 0.05) is 25.1 Å². The van der Waals surface area contributed by atoms with Gasteiger partial charge >= 0.3 is 0 Å². The standard InChI is InChI=1S/C20H18ClFN2O4/c1-11-2-3-17(14(21)4-11)27-9-12-7-24(8-12)20(26)13-5-16-18(6-15(13)22)28-10-19(25)23-16/h2-6,12H,7-10H2,1H3,(H,23,25). The van der Waals surface area contributed by atoms with E-state index < -0.39 is 11.7 Å². The first-order valence-electron chi connectivity index (χ1n) is 8.85. The van der Waals surface area contributed by atoms with Crippen LogP contribution < -0.4 is 14.8 Å². The minimum atomic E-state index is -0.675. The molecule has 1 saturated heterocycles. The average Bonchev–Trinajstić information content (AvgIpc) is 2.61. The Morgan fingerprint density at radius 3 is 2.89 bits per heavy atom. The van der Waals surface area contributed by atoms with Gasteiger partial charge in [-0.05, 0) is 30.7 Å². The number of carbonyl (C=O) groups excluding carboxylic acids is 2. The fourth-order valence-corrected chi connectivity index (χ4v) is 3.50. The molecule has 2 aliphatic heterocycles. The van der Waals surface area contributed by atoms with Gasteiger partial charge in [-0.25, -0.2) is 4.39 Å². The Kier molecular flexibility index (Phi) is 4.85. The van der Waals surface area contributed by atoms with Crippen LogP contribution in [-0.2, 0) is 4.79 Å². The number of amides is 2. The molecule has 0 saturated carbocycles. The smallest absolute Gasteiger partial charge is 0.262 e. The molecule has 2 heterocycles. The Morgan fingerprint density at radius 1 is 1.36 bits per heavy atom. The van der Waals surface area contributed by atoms with E-state index in [1.54, 1.807) is 4.90 Å². The zero-order valence-electron chi connectivity index (χ0n) is 15.1. The number of ether oxygens (including phenoxy) is 2. The van der Waals surface area contributed by atoms with Crippen molar-refractivity contribution in [3.8, 4) is 11.5 Å². The van der Waals surface area contributed by atoms with E-state index in [2.05, 4.69) is 5.32 Å². The molecule has 1 N–H and O–H groups in total. The highest BCUT2D eigenvalue weighted by atomic mass is 35.5. The fourth-order valence-electron chi connectivity index (χ4n) is 3.21. The average molecular weight is 405 g/mol. The van der Waals surface area contributed by atoms with Gasteiger partial charge in [0.15, 0.2) is 6.61 Å². The number of nitrogens with zero attached hydrogens (tertiary/aromatic N) is 1. The lowest BCUT2D eigenvalue weighted by atomic mass is 9.99. The quantitative estimate of drug-likeness (QED) is 0.849. The van der Waals surface area contributed by atoms with E-state index in [4.69, 9.17) is 21.1 Å². The number of hydrogen-bond donors (Lipinski definition) is 1. The summed E-state index contributed by atoms with van der Waals surface area (Å²) in [6.07, 6.45) is 0. The predicted octanol–water partition coefficient (Wildman–Crippen LogP) is 3.27. The molecular weight excluding hydrogens is 387 g/mol. The van der Waals surface area contributed by atoms with E-state index in [1.165, 1.54) is 6.07 Å². The molecule has 2 aromatic carbocycles. The van der Waals surface area contributed by atoms with Crippen molar-refractivity contribution in [2.45, 2.75) is 6.92 Å². The van der Waals surface area contributed by atoms with Gasteiger partial charge in [-0.1, -0.05) is 17.7 Å². The fraction of sp³-hybridized carbons (Fsp3) is 0.300. The van der Waals surface area contributed by atoms with Gasteiger partial charge in [0.05, 0.1) is 22.9 Å². The van der Waals surface area contributed by atoms with Gasteiger partial charge in [-0.2, -0.15) is 0 Å². The maximum atomic E-state index is 14.3. The lowest BCUT2D eigenvalue weighted by Crippen LogP contribution is -2.52. The second-order valence-corrected chi connectivity index (χ2v) is 7.39. The van der Waals surface area contributed by atoms with Crippen LogP contribution >= 0.6 is 11.6 Å². The number of anilines is 1. The van der Waals surface area contributed by atoms with Crippen molar-refractivity contribution in [1.82, 2.24) is 4.90 Å². The number of likely N-dealkylation sites (tertiary alicyclic amines) is 1. The Bertz CT molecular complexity index is 959. The molecule has 8 heteroatoms. The van der Waals surface area contributed by atoms with Crippen molar-refractivity contribution in [3.05, 3.63) is 52.3 Å². The van der Waals surface area contributed by atoms with Crippen molar-refractivity contribution >= 4 is 29.1 Å². The van der Waals surface area contributed by atoms with Gasteiger partial charge in [-0.3, -0.25) is 9.59 Å². The summed E-state index contributed by atoms with van der Waals surface area (Å²) >= 11 is 6.15. The van der Waals surface area contributed by atoms with Gasteiger partial charge in [0.25, 0.3) is 11.8 Å². The molecule has 0 unspecified atom stereocenters. The van der Waals surface area contributed by atoms with Gasteiger partial charge in [0.1, 0.15) is 17.3 Å². The van der Waals surface area contributed by atoms with E-state index >= 15 is 0 Å². The lowest BCUT2D eigenvalue weighted by Gasteiger charge is -2.39. The summed E-state index contributed by atoms with van der Waals surface area (Å²) in [6, 6.07) is 8.01. The number of halogens is 2. The number of fused-ring (bicyclic) bond motifs is 1. The zero-order chi connectivity index (χ0) is 19.8. The van der Waals surface area contributed by atoms with Crippen molar-refractivity contribution in [2.75, 3.05) is 31.6 Å². The van der Waals surface area contributed by atoms with Crippen LogP contribution in [0.3, 0.4) is 0 Å². The van der Waals surface area contributed by atoms with Gasteiger partial charge in [-0.15, -0.1) is 0 Å². The Morgan fingerprint density at radius 2 is 2.14 bits per heavy atom. The third kappa shape index (κ3) is 3.62. The van der Waals surface area contributed by atoms with Crippen molar-refractivity contribution in [3.63, 3.8) is 0 Å². The Balaban J connectivity index is 1.36. The van der Waals surface area contributed by atoms with E-state index in [0.717, 1.165) is 11.6 Å². The molecule has 28 heavy (non-hydrogen) atoms. The molecule has 0 bridgehead atoms. The molecule has 0 aliphatic carbocycles. The third-order valence-corrected chi connectivity index (χ3v) is 5.03. The maximum Gasteiger partial charge on any atom is 0.262 e. The molecule has 2 amide bonds. The molecule has 2 aliphatic rings. The van der Waals surface area contributed by atoms with Crippen LogP contribution in [0.2, 0.25) is 5.02 Å². The highest BCUT2D eigenvalue weighted by molar-refractivity contribution is 6.32. The summed E-state index contributed by atoms with van der Waals surface area (Å²) in [5, 5.41) is 3.13. The molecule has 0 aromatic heterocycles. The van der Waals surface area contributed by atoms with Gasteiger partial charge in [0.2, 0.25) is 0 Å². The number of nitrogens with one attached hydrogen (secondary N) is 1. The van der Waals surface area contributed by atoms with Crippen LogP contribution in [0.15, 0.2) is 30.3 Å². The molecular formula is C20H18ClFN2O4. The first-order chi connectivity index (χ1) is 13.4. The molecule has 1 fully saturated rings. The van der Waals surface area contributed by atoms with E-state index in [0.29, 0.717) is 36.2 Å². The van der Waals surface area contributed by atoms with E-state index in [1.807, 2.05) is 25.1 Å². The molecule has 2 aromatic rings. The highest BCUT2D eigenvalue weighted by Crippen LogP contribution is 2.32. The third-order valence-electron chi connectivity index (χ3n) is 4.74. The van der Waals surface area contributed by atoms with Crippen LogP contribution in [0.5, 0.6) is 11.5 Å². The normalized spacial score (nSPS) is 16.0. The first-order valence-corrected chi connectivity index (χ1v) is 9.23. The summed E-state index contributed by atoms with van der Waals surface area (Å²) in [5.41, 5.74) is 1.26. The summed E-state index contributed by atoms with van der Waals surface area (Å²) in [5.74, 6) is -0.471. The van der Waals surface area contributed by atoms with Crippen LogP contribution in [0.4, 0.5) is 10.1 Å². The number of rotatable bonds is 4. The largest absolute Gasteiger partial charge is 0.492 e. The van der Waals surface area contributed by atoms with E-state index in [-0.39, 0.29) is 29.7 Å². The Labute approximate surface area is 166 Å². The summed E-state index contributed by atoms with van der Waals surface area (Å²) in [4.78, 5) is 25.6. The van der Waals surface area contributed by atoms with Crippen LogP contribution in [-0.4, -0.2) is 43.0 Å². The molecule has 0 radical (unpaired) electrons. The van der Waals surface area contributed by atoms with E-state index in [9.17, 15) is 14.0 Å². The highest BCUT2D eigenvalue weighted by Gasteiger charge is 2.34. The molecule has 146 valence electrons. The molecule has 0 atom stereocenters. The lowest BCUT2D eigenvalue weighted by molar-refractivity contribution is -0.118. The number of benzene rings is 2. The minimum Gasteiger partial charge on any atom is -0.492 e. The molecule has 6 nitrogen and oxygen atoms in total. The summed E-state index contributed by atoms with van der Waals surface area (Å²) in [7, 11) is 0. The number of carbonyl (C=O) groups is 2. The van der Waals surface area contributed by atoms with Crippen LogP contribution in [0.25, 0.3) is 0 Å². The molecule has 4 rings (SSSR count). The van der Waals surface area contributed by atoms with Crippen LogP contribution in [0, 0.1) is 18.7 Å². The van der Waals surface area contributed by atoms with Crippen molar-refractivity contribution in [2.24, 2.45) is 5.92 Å². The Hall–Kier alpha value is -2.80. The molecule has 0 spiro atoms. The zero-order valence-corrected chi connectivity index (χ0v) is 15.9. The van der Waals surface area contributed by atoms with Crippen LogP contribution in [0.1, 0.15) is 15.9 Å². The second-order valence-electron chi connectivity index (χ2n) is 6.99. The predicted molar refractivity (Wildman–Crippen MR) is 102 cm³/mol. The maximum absolute atomic E-state index is 14.3. The first kappa shape index (κ1) is 18.6. The van der Waals surface area contributed by atoms with Crippen molar-refractivity contribution in [1.29, 1.82) is 0 Å². The van der Waals surface area contributed by atoms with Crippen molar-refractivity contribution < 1.29 is 23.5 Å². The summed E-state index contributed by atoms with van der Waals surface area (Å²) < 4.78 is 25.2. The number of hydrogen-bond acceptors (Lipinski definition) is 4. The monoisotopic (exact) mass is 404 g/mol. The topological polar surface area (TPSA) is 67.9 Å². The summed E-state index contributed by atoms with van der Waals surface area (Å²) in [6.45, 7) is 3.12. The van der Waals surface area contributed by atoms with Gasteiger partial charge < -0.3 is 19.7 Å². The SMILES string of the molecule is Cc1ccc(OCC2CN(C(=O)c3cc4c(cc3F)OCC(=O)N4)C2)c(Cl)c1. The second kappa shape index (κ2) is 7.31.